The second-order valence-electron chi connectivity index (χ2n) is 5.78. The van der Waals surface area contributed by atoms with Crippen LogP contribution in [-0.2, 0) is 5.92 Å². The molecule has 1 aliphatic rings. The third kappa shape index (κ3) is 3.31. The Hall–Kier alpha value is -2.28. The average Bonchev–Trinajstić information content (AvgIpc) is 2.62. The van der Waals surface area contributed by atoms with E-state index in [-0.39, 0.29) is 17.4 Å². The zero-order chi connectivity index (χ0) is 17.2. The molecule has 0 amide bonds. The summed E-state index contributed by atoms with van der Waals surface area (Å²) in [6.45, 7) is 1.18. The molecular formula is C17H19F2N3O2. The van der Waals surface area contributed by atoms with Crippen molar-refractivity contribution in [3.63, 3.8) is 0 Å². The third-order valence-electron chi connectivity index (χ3n) is 4.22. The molecule has 5 nitrogen and oxygen atoms in total. The lowest BCUT2D eigenvalue weighted by atomic mass is 10.0. The Bertz CT molecular complexity index is 686. The number of aliphatic hydroxyl groups excluding tert-OH is 1. The van der Waals surface area contributed by atoms with Gasteiger partial charge in [0.25, 0.3) is 0 Å². The SMILES string of the molecule is COc1ccc(C(F)(F)c2cc(N3CCC(O)CC3)ncn2)cc1. The number of aromatic nitrogens is 2. The quantitative estimate of drug-likeness (QED) is 0.931. The van der Waals surface area contributed by atoms with Gasteiger partial charge in [-0.05, 0) is 37.1 Å². The summed E-state index contributed by atoms with van der Waals surface area (Å²) in [4.78, 5) is 9.76. The van der Waals surface area contributed by atoms with E-state index in [2.05, 4.69) is 9.97 Å². The van der Waals surface area contributed by atoms with E-state index < -0.39 is 5.92 Å². The number of aliphatic hydroxyl groups is 1. The van der Waals surface area contributed by atoms with Crippen LogP contribution in [-0.4, -0.2) is 41.4 Å². The molecule has 0 spiro atoms. The molecule has 0 unspecified atom stereocenters. The maximum atomic E-state index is 14.7. The van der Waals surface area contributed by atoms with Gasteiger partial charge in [-0.3, -0.25) is 0 Å². The van der Waals surface area contributed by atoms with Crippen molar-refractivity contribution in [2.45, 2.75) is 24.9 Å². The minimum atomic E-state index is -3.22. The van der Waals surface area contributed by atoms with E-state index >= 15 is 0 Å². The molecule has 1 aromatic heterocycles. The van der Waals surface area contributed by atoms with Gasteiger partial charge in [-0.25, -0.2) is 9.97 Å². The first kappa shape index (κ1) is 16.6. The second kappa shape index (κ2) is 6.68. The fourth-order valence-electron chi connectivity index (χ4n) is 2.73. The largest absolute Gasteiger partial charge is 0.497 e. The first-order chi connectivity index (χ1) is 11.5. The van der Waals surface area contributed by atoms with Crippen LogP contribution in [0.5, 0.6) is 5.75 Å². The summed E-state index contributed by atoms with van der Waals surface area (Å²) in [5.41, 5.74) is -0.495. The number of halogens is 2. The van der Waals surface area contributed by atoms with Gasteiger partial charge in [-0.15, -0.1) is 0 Å². The van der Waals surface area contributed by atoms with Gasteiger partial charge in [0.15, 0.2) is 0 Å². The van der Waals surface area contributed by atoms with Crippen molar-refractivity contribution < 1.29 is 18.6 Å². The van der Waals surface area contributed by atoms with Crippen molar-refractivity contribution in [2.24, 2.45) is 0 Å². The van der Waals surface area contributed by atoms with Crippen LogP contribution in [0.1, 0.15) is 24.1 Å². The standard InChI is InChI=1S/C17H19F2N3O2/c1-24-14-4-2-12(3-5-14)17(18,19)15-10-16(21-11-20-15)22-8-6-13(23)7-9-22/h2-5,10-11,13,23H,6-9H2,1H3. The summed E-state index contributed by atoms with van der Waals surface area (Å²) < 4.78 is 34.5. The predicted octanol–water partition coefficient (Wildman–Crippen LogP) is 2.59. The fraction of sp³-hybridized carbons (Fsp3) is 0.412. The van der Waals surface area contributed by atoms with E-state index in [1.165, 1.54) is 37.4 Å². The lowest BCUT2D eigenvalue weighted by molar-refractivity contribution is 0.0378. The number of hydrogen-bond acceptors (Lipinski definition) is 5. The maximum absolute atomic E-state index is 14.7. The number of methoxy groups -OCH3 is 1. The molecule has 2 heterocycles. The van der Waals surface area contributed by atoms with Crippen LogP contribution in [0, 0.1) is 0 Å². The summed E-state index contributed by atoms with van der Waals surface area (Å²) in [5, 5.41) is 9.56. The zero-order valence-corrected chi connectivity index (χ0v) is 13.3. The van der Waals surface area contributed by atoms with Gasteiger partial charge in [-0.2, -0.15) is 8.78 Å². The van der Waals surface area contributed by atoms with Gasteiger partial charge in [0.1, 0.15) is 23.6 Å². The second-order valence-corrected chi connectivity index (χ2v) is 5.78. The number of nitrogens with zero attached hydrogens (tertiary/aromatic N) is 3. The van der Waals surface area contributed by atoms with Crippen LogP contribution < -0.4 is 9.64 Å². The third-order valence-corrected chi connectivity index (χ3v) is 4.22. The molecule has 1 N–H and O–H groups in total. The van der Waals surface area contributed by atoms with E-state index in [1.807, 2.05) is 4.90 Å². The zero-order valence-electron chi connectivity index (χ0n) is 13.3. The number of benzene rings is 1. The van der Waals surface area contributed by atoms with Crippen LogP contribution in [0.4, 0.5) is 14.6 Å². The van der Waals surface area contributed by atoms with E-state index in [4.69, 9.17) is 4.74 Å². The summed E-state index contributed by atoms with van der Waals surface area (Å²) in [7, 11) is 1.49. The van der Waals surface area contributed by atoms with Gasteiger partial charge in [0.05, 0.1) is 13.2 Å². The fourth-order valence-corrected chi connectivity index (χ4v) is 2.73. The highest BCUT2D eigenvalue weighted by Gasteiger charge is 2.36. The highest BCUT2D eigenvalue weighted by molar-refractivity contribution is 5.43. The van der Waals surface area contributed by atoms with Gasteiger partial charge in [0, 0.05) is 24.7 Å². The molecule has 0 atom stereocenters. The molecule has 0 radical (unpaired) electrons. The summed E-state index contributed by atoms with van der Waals surface area (Å²) in [6, 6.07) is 6.98. The Balaban J connectivity index is 1.86. The topological polar surface area (TPSA) is 58.5 Å². The maximum Gasteiger partial charge on any atom is 0.315 e. The van der Waals surface area contributed by atoms with Crippen LogP contribution in [0.2, 0.25) is 0 Å². The lowest BCUT2D eigenvalue weighted by Gasteiger charge is -2.30. The van der Waals surface area contributed by atoms with Crippen molar-refractivity contribution in [1.82, 2.24) is 9.97 Å². The highest BCUT2D eigenvalue weighted by atomic mass is 19.3. The van der Waals surface area contributed by atoms with E-state index in [9.17, 15) is 13.9 Å². The molecule has 1 fully saturated rings. The Morgan fingerprint density at radius 2 is 1.83 bits per heavy atom. The monoisotopic (exact) mass is 335 g/mol. The number of hydrogen-bond donors (Lipinski definition) is 1. The molecule has 24 heavy (non-hydrogen) atoms. The Labute approximate surface area is 138 Å². The van der Waals surface area contributed by atoms with Crippen molar-refractivity contribution in [1.29, 1.82) is 0 Å². The molecular weight excluding hydrogens is 316 g/mol. The molecule has 7 heteroatoms. The first-order valence-electron chi connectivity index (χ1n) is 7.78. The summed E-state index contributed by atoms with van der Waals surface area (Å²) in [6.07, 6.45) is 2.04. The minimum Gasteiger partial charge on any atom is -0.497 e. The minimum absolute atomic E-state index is 0.151. The molecule has 1 aromatic carbocycles. The summed E-state index contributed by atoms with van der Waals surface area (Å²) >= 11 is 0. The molecule has 128 valence electrons. The molecule has 1 saturated heterocycles. The van der Waals surface area contributed by atoms with Gasteiger partial charge >= 0.3 is 5.92 Å². The molecule has 2 aromatic rings. The number of alkyl halides is 2. The molecule has 0 saturated carbocycles. The Morgan fingerprint density at radius 3 is 2.46 bits per heavy atom. The number of rotatable bonds is 4. The number of anilines is 1. The van der Waals surface area contributed by atoms with Crippen LogP contribution >= 0.6 is 0 Å². The van der Waals surface area contributed by atoms with Crippen LogP contribution in [0.25, 0.3) is 0 Å². The highest BCUT2D eigenvalue weighted by Crippen LogP contribution is 2.36. The van der Waals surface area contributed by atoms with E-state index in [0.717, 1.165) is 6.33 Å². The lowest BCUT2D eigenvalue weighted by Crippen LogP contribution is -2.36. The number of piperidine rings is 1. The Morgan fingerprint density at radius 1 is 1.17 bits per heavy atom. The molecule has 1 aliphatic heterocycles. The normalized spacial score (nSPS) is 16.2. The predicted molar refractivity (Wildman–Crippen MR) is 85.5 cm³/mol. The van der Waals surface area contributed by atoms with E-state index in [0.29, 0.717) is 37.5 Å². The van der Waals surface area contributed by atoms with Gasteiger partial charge in [-0.1, -0.05) is 0 Å². The van der Waals surface area contributed by atoms with Crippen molar-refractivity contribution in [2.75, 3.05) is 25.1 Å². The summed E-state index contributed by atoms with van der Waals surface area (Å²) in [5.74, 6) is -2.25. The average molecular weight is 335 g/mol. The van der Waals surface area contributed by atoms with Crippen LogP contribution in [0.3, 0.4) is 0 Å². The van der Waals surface area contributed by atoms with Gasteiger partial charge in [0.2, 0.25) is 0 Å². The van der Waals surface area contributed by atoms with Gasteiger partial charge < -0.3 is 14.7 Å². The van der Waals surface area contributed by atoms with Crippen LogP contribution in [0.15, 0.2) is 36.7 Å². The Kier molecular flexibility index (Phi) is 4.62. The van der Waals surface area contributed by atoms with Crippen molar-refractivity contribution >= 4 is 5.82 Å². The molecule has 0 aliphatic carbocycles. The van der Waals surface area contributed by atoms with E-state index in [1.54, 1.807) is 0 Å². The smallest absolute Gasteiger partial charge is 0.315 e. The molecule has 0 bridgehead atoms. The number of ether oxygens (including phenoxy) is 1. The first-order valence-corrected chi connectivity index (χ1v) is 7.78. The van der Waals surface area contributed by atoms with Crippen molar-refractivity contribution in [3.8, 4) is 5.75 Å². The molecule has 3 rings (SSSR count). The van der Waals surface area contributed by atoms with Crippen molar-refractivity contribution in [3.05, 3.63) is 47.9 Å².